The third-order valence-corrected chi connectivity index (χ3v) is 5.54. The Kier molecular flexibility index (Phi) is 6.53. The molecule has 1 atom stereocenters. The quantitative estimate of drug-likeness (QED) is 0.310. The molecule has 1 aliphatic rings. The van der Waals surface area contributed by atoms with E-state index in [2.05, 4.69) is 58.3 Å². The number of nitrogens with zero attached hydrogens (tertiary/aromatic N) is 5. The number of anilines is 5. The van der Waals surface area contributed by atoms with Crippen molar-refractivity contribution >= 4 is 29.0 Å². The van der Waals surface area contributed by atoms with Gasteiger partial charge >= 0.3 is 0 Å². The first-order chi connectivity index (χ1) is 16.7. The van der Waals surface area contributed by atoms with Gasteiger partial charge in [0, 0.05) is 42.0 Å². The van der Waals surface area contributed by atoms with Crippen molar-refractivity contribution in [3.05, 3.63) is 72.7 Å². The molecule has 172 valence electrons. The van der Waals surface area contributed by atoms with Gasteiger partial charge in [-0.3, -0.25) is 0 Å². The monoisotopic (exact) mass is 453 g/mol. The average molecular weight is 454 g/mol. The van der Waals surface area contributed by atoms with Gasteiger partial charge in [-0.2, -0.15) is 4.98 Å². The van der Waals surface area contributed by atoms with Crippen molar-refractivity contribution in [2.24, 2.45) is 0 Å². The Hall–Kier alpha value is -4.11. The number of aromatic nitrogens is 5. The summed E-state index contributed by atoms with van der Waals surface area (Å²) in [5.74, 6) is 2.31. The molecule has 1 aliphatic heterocycles. The molecular weight excluding hydrogens is 426 g/mol. The van der Waals surface area contributed by atoms with Gasteiger partial charge in [0.05, 0.1) is 0 Å². The minimum Gasteiger partial charge on any atom is -0.383 e. The molecule has 1 fully saturated rings. The second-order valence-corrected chi connectivity index (χ2v) is 8.20. The molecule has 0 bridgehead atoms. The fourth-order valence-corrected chi connectivity index (χ4v) is 3.81. The van der Waals surface area contributed by atoms with Gasteiger partial charge in [-0.15, -0.1) is 0 Å². The number of aryl methyl sites for hydroxylation is 1. The lowest BCUT2D eigenvalue weighted by Crippen LogP contribution is -2.29. The van der Waals surface area contributed by atoms with Gasteiger partial charge in [-0.25, -0.2) is 19.9 Å². The third kappa shape index (κ3) is 5.62. The highest BCUT2D eigenvalue weighted by atomic mass is 15.2. The molecule has 0 unspecified atom stereocenters. The zero-order valence-corrected chi connectivity index (χ0v) is 19.0. The van der Waals surface area contributed by atoms with Crippen LogP contribution in [-0.2, 0) is 0 Å². The molecule has 5 rings (SSSR count). The van der Waals surface area contributed by atoms with Gasteiger partial charge in [-0.05, 0) is 74.8 Å². The molecule has 0 saturated carbocycles. The number of pyridine rings is 1. The molecule has 4 N–H and O–H groups in total. The van der Waals surface area contributed by atoms with Crippen LogP contribution in [0.2, 0.25) is 0 Å². The molecule has 0 radical (unpaired) electrons. The van der Waals surface area contributed by atoms with Crippen LogP contribution in [0, 0.1) is 6.92 Å². The lowest BCUT2D eigenvalue weighted by Gasteiger charge is -2.13. The highest BCUT2D eigenvalue weighted by Crippen LogP contribution is 2.20. The first-order valence-corrected chi connectivity index (χ1v) is 11.4. The van der Waals surface area contributed by atoms with Crippen molar-refractivity contribution in [2.45, 2.75) is 25.8 Å². The summed E-state index contributed by atoms with van der Waals surface area (Å²) in [5, 5.41) is 13.5. The lowest BCUT2D eigenvalue weighted by molar-refractivity contribution is 0.633. The van der Waals surface area contributed by atoms with Gasteiger partial charge < -0.3 is 21.3 Å². The molecule has 0 aliphatic carbocycles. The van der Waals surface area contributed by atoms with Gasteiger partial charge in [-0.1, -0.05) is 6.07 Å². The molecule has 4 heterocycles. The second-order valence-electron chi connectivity index (χ2n) is 8.20. The molecule has 1 aromatic carbocycles. The number of hydrogen-bond acceptors (Lipinski definition) is 9. The van der Waals surface area contributed by atoms with Crippen molar-refractivity contribution in [1.29, 1.82) is 0 Å². The summed E-state index contributed by atoms with van der Waals surface area (Å²) in [5.41, 5.74) is 3.65. The van der Waals surface area contributed by atoms with Crippen molar-refractivity contribution in [3.8, 4) is 11.5 Å². The van der Waals surface area contributed by atoms with Crippen LogP contribution in [-0.4, -0.2) is 44.1 Å². The lowest BCUT2D eigenvalue weighted by atomic mass is 10.2. The van der Waals surface area contributed by atoms with Crippen LogP contribution in [0.15, 0.2) is 67.0 Å². The summed E-state index contributed by atoms with van der Waals surface area (Å²) in [6.07, 6.45) is 5.89. The summed E-state index contributed by atoms with van der Waals surface area (Å²) in [6.45, 7) is 4.00. The molecule has 4 aromatic rings. The summed E-state index contributed by atoms with van der Waals surface area (Å²) in [7, 11) is 0. The Morgan fingerprint density at radius 3 is 2.44 bits per heavy atom. The minimum atomic E-state index is 0.496. The van der Waals surface area contributed by atoms with E-state index in [1.165, 1.54) is 12.8 Å². The Labute approximate surface area is 198 Å². The fraction of sp³-hybridized carbons (Fsp3) is 0.240. The molecule has 34 heavy (non-hydrogen) atoms. The topological polar surface area (TPSA) is 113 Å². The SMILES string of the molecule is Cc1cccc(-c2nccc(Nc3ccnc(Nc4ccc(NC[C@H]5CCCN5)cc4)n3)n2)n1. The number of nitrogens with one attached hydrogen (secondary N) is 4. The van der Waals surface area contributed by atoms with E-state index in [-0.39, 0.29) is 0 Å². The highest BCUT2D eigenvalue weighted by Gasteiger charge is 2.13. The predicted octanol–water partition coefficient (Wildman–Crippen LogP) is 4.29. The normalized spacial score (nSPS) is 15.1. The van der Waals surface area contributed by atoms with E-state index < -0.39 is 0 Å². The van der Waals surface area contributed by atoms with Crippen LogP contribution in [0.3, 0.4) is 0 Å². The molecule has 0 spiro atoms. The van der Waals surface area contributed by atoms with E-state index in [9.17, 15) is 0 Å². The zero-order valence-electron chi connectivity index (χ0n) is 19.0. The van der Waals surface area contributed by atoms with Crippen LogP contribution in [0.5, 0.6) is 0 Å². The van der Waals surface area contributed by atoms with Gasteiger partial charge in [0.1, 0.15) is 17.3 Å². The van der Waals surface area contributed by atoms with Crippen LogP contribution >= 0.6 is 0 Å². The molecule has 9 heteroatoms. The van der Waals surface area contributed by atoms with E-state index in [0.29, 0.717) is 29.5 Å². The summed E-state index contributed by atoms with van der Waals surface area (Å²) in [6, 6.07) is 18.1. The maximum atomic E-state index is 4.57. The Bertz CT molecular complexity index is 1240. The molecule has 1 saturated heterocycles. The fourth-order valence-electron chi connectivity index (χ4n) is 3.81. The summed E-state index contributed by atoms with van der Waals surface area (Å²) < 4.78 is 0. The third-order valence-electron chi connectivity index (χ3n) is 5.54. The second kappa shape index (κ2) is 10.2. The van der Waals surface area contributed by atoms with Crippen molar-refractivity contribution in [3.63, 3.8) is 0 Å². The number of hydrogen-bond donors (Lipinski definition) is 4. The summed E-state index contributed by atoms with van der Waals surface area (Å²) >= 11 is 0. The Morgan fingerprint density at radius 2 is 1.65 bits per heavy atom. The van der Waals surface area contributed by atoms with Crippen molar-refractivity contribution in [1.82, 2.24) is 30.2 Å². The predicted molar refractivity (Wildman–Crippen MR) is 135 cm³/mol. The van der Waals surface area contributed by atoms with Crippen LogP contribution in [0.1, 0.15) is 18.5 Å². The van der Waals surface area contributed by atoms with Gasteiger partial charge in [0.15, 0.2) is 5.82 Å². The highest BCUT2D eigenvalue weighted by molar-refractivity contribution is 5.61. The van der Waals surface area contributed by atoms with E-state index in [1.807, 2.05) is 37.3 Å². The molecular formula is C25H27N9. The molecule has 3 aromatic heterocycles. The average Bonchev–Trinajstić information content (AvgIpc) is 3.38. The minimum absolute atomic E-state index is 0.496. The van der Waals surface area contributed by atoms with E-state index in [0.717, 1.165) is 35.9 Å². The number of rotatable bonds is 8. The Balaban J connectivity index is 1.22. The first kappa shape index (κ1) is 21.7. The standard InChI is InChI=1S/C25H27N9/c1-17-4-2-6-21(30-17)24-27-14-11-22(33-24)32-23-12-15-28-25(34-23)31-19-9-7-18(8-10-19)29-16-20-5-3-13-26-20/h2,4,6-12,14-15,20,26,29H,3,5,13,16H2,1H3,(H2,27,28,31,32,33,34)/t20-/m1/s1. The zero-order chi connectivity index (χ0) is 23.2. The smallest absolute Gasteiger partial charge is 0.229 e. The van der Waals surface area contributed by atoms with E-state index in [4.69, 9.17) is 0 Å². The van der Waals surface area contributed by atoms with Crippen LogP contribution in [0.4, 0.5) is 29.0 Å². The van der Waals surface area contributed by atoms with Crippen molar-refractivity contribution in [2.75, 3.05) is 29.0 Å². The first-order valence-electron chi connectivity index (χ1n) is 11.4. The van der Waals surface area contributed by atoms with Gasteiger partial charge in [0.2, 0.25) is 5.95 Å². The van der Waals surface area contributed by atoms with Crippen LogP contribution in [0.25, 0.3) is 11.5 Å². The summed E-state index contributed by atoms with van der Waals surface area (Å²) in [4.78, 5) is 22.3. The maximum Gasteiger partial charge on any atom is 0.229 e. The maximum absolute atomic E-state index is 4.57. The van der Waals surface area contributed by atoms with E-state index >= 15 is 0 Å². The van der Waals surface area contributed by atoms with E-state index in [1.54, 1.807) is 24.5 Å². The molecule has 9 nitrogen and oxygen atoms in total. The largest absolute Gasteiger partial charge is 0.383 e. The van der Waals surface area contributed by atoms with Gasteiger partial charge in [0.25, 0.3) is 0 Å². The van der Waals surface area contributed by atoms with Crippen molar-refractivity contribution < 1.29 is 0 Å². The van der Waals surface area contributed by atoms with Crippen LogP contribution < -0.4 is 21.3 Å². The number of benzene rings is 1. The Morgan fingerprint density at radius 1 is 0.853 bits per heavy atom. The molecule has 0 amide bonds.